The van der Waals surface area contributed by atoms with Crippen molar-refractivity contribution in [1.29, 1.82) is 0 Å². The van der Waals surface area contributed by atoms with Crippen LogP contribution in [0.25, 0.3) is 0 Å². The minimum Gasteiger partial charge on any atom is -0.158 e. The predicted molar refractivity (Wildman–Crippen MR) is 65.7 cm³/mol. The summed E-state index contributed by atoms with van der Waals surface area (Å²) < 4.78 is 0. The highest BCUT2D eigenvalue weighted by molar-refractivity contribution is 8.00. The summed E-state index contributed by atoms with van der Waals surface area (Å²) in [6.45, 7) is 0. The average molecular weight is 211 g/mol. The molecule has 1 unspecified atom stereocenters. The fourth-order valence-electron chi connectivity index (χ4n) is 2.74. The van der Waals surface area contributed by atoms with Crippen molar-refractivity contribution >= 4 is 11.8 Å². The largest absolute Gasteiger partial charge is 0.158 e. The molecule has 0 aromatic heterocycles. The van der Waals surface area contributed by atoms with E-state index in [1.807, 2.05) is 5.92 Å². The van der Waals surface area contributed by atoms with Gasteiger partial charge in [-0.25, -0.2) is 0 Å². The minimum absolute atomic E-state index is 0.960. The highest BCUT2D eigenvalue weighted by Crippen LogP contribution is 2.38. The van der Waals surface area contributed by atoms with Gasteiger partial charge in [0.1, 0.15) is 0 Å². The molecule has 0 spiro atoms. The topological polar surface area (TPSA) is 0 Å². The van der Waals surface area contributed by atoms with Crippen molar-refractivity contribution in [1.82, 2.24) is 0 Å². The Morgan fingerprint density at radius 1 is 0.786 bits per heavy atom. The second-order valence-corrected chi connectivity index (χ2v) is 6.09. The van der Waals surface area contributed by atoms with Crippen LogP contribution < -0.4 is 0 Å². The highest BCUT2D eigenvalue weighted by Gasteiger charge is 2.24. The van der Waals surface area contributed by atoms with E-state index in [-0.39, 0.29) is 0 Å². The van der Waals surface area contributed by atoms with Gasteiger partial charge in [-0.05, 0) is 37.4 Å². The van der Waals surface area contributed by atoms with Gasteiger partial charge in [-0.1, -0.05) is 38.5 Å². The first-order valence-corrected chi connectivity index (χ1v) is 7.48. The third-order valence-electron chi connectivity index (χ3n) is 3.63. The smallest absolute Gasteiger partial charge is 0.0109 e. The third kappa shape index (κ3) is 3.18. The maximum Gasteiger partial charge on any atom is 0.0109 e. The third-order valence-corrected chi connectivity index (χ3v) is 5.13. The van der Waals surface area contributed by atoms with Gasteiger partial charge < -0.3 is 0 Å². The van der Waals surface area contributed by atoms with Gasteiger partial charge in [0.25, 0.3) is 0 Å². The van der Waals surface area contributed by atoms with Gasteiger partial charge in [-0.2, -0.15) is 11.8 Å². The first-order chi connectivity index (χ1) is 6.97. The van der Waals surface area contributed by atoms with E-state index in [2.05, 4.69) is 11.8 Å². The molecule has 0 amide bonds. The molecule has 2 aliphatic rings. The molecule has 1 radical (unpaired) electrons. The van der Waals surface area contributed by atoms with Crippen LogP contribution in [0.2, 0.25) is 0 Å². The van der Waals surface area contributed by atoms with Crippen molar-refractivity contribution in [2.45, 2.75) is 69.5 Å². The van der Waals surface area contributed by atoms with Crippen LogP contribution in [-0.4, -0.2) is 11.0 Å². The Balaban J connectivity index is 1.80. The zero-order valence-electron chi connectivity index (χ0n) is 9.26. The number of hydrogen-bond donors (Lipinski definition) is 0. The molecule has 1 heterocycles. The summed E-state index contributed by atoms with van der Waals surface area (Å²) in [4.78, 5) is 0. The van der Waals surface area contributed by atoms with Crippen molar-refractivity contribution in [3.8, 4) is 0 Å². The number of rotatable bonds is 1. The van der Waals surface area contributed by atoms with Crippen LogP contribution in [0, 0.1) is 5.92 Å². The maximum atomic E-state index is 2.25. The number of hydrogen-bond acceptors (Lipinski definition) is 1. The zero-order valence-corrected chi connectivity index (χ0v) is 10.1. The summed E-state index contributed by atoms with van der Waals surface area (Å²) in [5.41, 5.74) is 0. The Labute approximate surface area is 93.2 Å². The standard InChI is InChI=1S/C13H23S/c1-2-4-8-12(9-5-3-1)13-10-6-7-11-14-13/h13H,1-11H2. The predicted octanol–water partition coefficient (Wildman–Crippen LogP) is 4.59. The van der Waals surface area contributed by atoms with Gasteiger partial charge in [0, 0.05) is 5.25 Å². The van der Waals surface area contributed by atoms with Crippen LogP contribution in [0.5, 0.6) is 0 Å². The normalized spacial score (nSPS) is 32.1. The minimum atomic E-state index is 0.960. The Bertz CT molecular complexity index is 141. The second kappa shape index (κ2) is 6.05. The lowest BCUT2D eigenvalue weighted by Crippen LogP contribution is -2.20. The van der Waals surface area contributed by atoms with Crippen LogP contribution in [0.15, 0.2) is 0 Å². The molecule has 0 nitrogen and oxygen atoms in total. The van der Waals surface area contributed by atoms with Gasteiger partial charge in [0.2, 0.25) is 0 Å². The summed E-state index contributed by atoms with van der Waals surface area (Å²) >= 11 is 2.25. The summed E-state index contributed by atoms with van der Waals surface area (Å²) in [5, 5.41) is 0.960. The van der Waals surface area contributed by atoms with E-state index in [0.717, 1.165) is 5.25 Å². The van der Waals surface area contributed by atoms with Crippen molar-refractivity contribution in [3.05, 3.63) is 5.92 Å². The monoisotopic (exact) mass is 211 g/mol. The van der Waals surface area contributed by atoms with Gasteiger partial charge in [-0.15, -0.1) is 0 Å². The lowest BCUT2D eigenvalue weighted by atomic mass is 9.87. The Morgan fingerprint density at radius 2 is 1.50 bits per heavy atom. The Hall–Kier alpha value is 0.350. The summed E-state index contributed by atoms with van der Waals surface area (Å²) in [6.07, 6.45) is 14.8. The Morgan fingerprint density at radius 3 is 2.14 bits per heavy atom. The van der Waals surface area contributed by atoms with Gasteiger partial charge in [-0.3, -0.25) is 0 Å². The maximum absolute atomic E-state index is 2.25. The molecule has 81 valence electrons. The van der Waals surface area contributed by atoms with E-state index in [1.165, 1.54) is 70.0 Å². The average Bonchev–Trinajstić information content (AvgIpc) is 2.18. The van der Waals surface area contributed by atoms with Crippen molar-refractivity contribution in [3.63, 3.8) is 0 Å². The van der Waals surface area contributed by atoms with Crippen molar-refractivity contribution in [2.75, 3.05) is 5.75 Å². The molecule has 1 aliphatic carbocycles. The highest BCUT2D eigenvalue weighted by atomic mass is 32.2. The quantitative estimate of drug-likeness (QED) is 0.611. The van der Waals surface area contributed by atoms with Crippen molar-refractivity contribution < 1.29 is 0 Å². The van der Waals surface area contributed by atoms with E-state index in [1.54, 1.807) is 0 Å². The molecule has 1 saturated heterocycles. The van der Waals surface area contributed by atoms with E-state index < -0.39 is 0 Å². The van der Waals surface area contributed by atoms with E-state index in [0.29, 0.717) is 0 Å². The van der Waals surface area contributed by atoms with Crippen LogP contribution in [-0.2, 0) is 0 Å². The Kier molecular flexibility index (Phi) is 4.69. The molecule has 2 rings (SSSR count). The van der Waals surface area contributed by atoms with Crippen LogP contribution in [0.4, 0.5) is 0 Å². The molecule has 0 aromatic rings. The summed E-state index contributed by atoms with van der Waals surface area (Å²) in [5.74, 6) is 3.35. The first-order valence-electron chi connectivity index (χ1n) is 6.43. The molecule has 0 N–H and O–H groups in total. The molecule has 1 aliphatic heterocycles. The molecule has 14 heavy (non-hydrogen) atoms. The fourth-order valence-corrected chi connectivity index (χ4v) is 4.20. The lowest BCUT2D eigenvalue weighted by molar-refractivity contribution is 0.496. The SMILES string of the molecule is C1CCC[C](C2CCCCS2)CCC1. The first kappa shape index (κ1) is 10.9. The van der Waals surface area contributed by atoms with E-state index >= 15 is 0 Å². The van der Waals surface area contributed by atoms with Crippen LogP contribution in [0.3, 0.4) is 0 Å². The molecule has 1 heteroatoms. The molecular formula is C13H23S. The molecule has 1 saturated carbocycles. The molecule has 0 aromatic carbocycles. The summed E-state index contributed by atoms with van der Waals surface area (Å²) in [7, 11) is 0. The molecular weight excluding hydrogens is 188 g/mol. The lowest BCUT2D eigenvalue weighted by Gasteiger charge is -2.30. The van der Waals surface area contributed by atoms with Crippen molar-refractivity contribution in [2.24, 2.45) is 0 Å². The summed E-state index contributed by atoms with van der Waals surface area (Å²) in [6, 6.07) is 0. The molecule has 0 bridgehead atoms. The van der Waals surface area contributed by atoms with Gasteiger partial charge in [0.05, 0.1) is 0 Å². The zero-order chi connectivity index (χ0) is 9.64. The molecule has 2 fully saturated rings. The van der Waals surface area contributed by atoms with Crippen LogP contribution in [0.1, 0.15) is 64.2 Å². The van der Waals surface area contributed by atoms with E-state index in [4.69, 9.17) is 0 Å². The molecule has 1 atom stereocenters. The van der Waals surface area contributed by atoms with Gasteiger partial charge in [0.15, 0.2) is 0 Å². The van der Waals surface area contributed by atoms with E-state index in [9.17, 15) is 0 Å². The second-order valence-electron chi connectivity index (χ2n) is 4.78. The number of thioether (sulfide) groups is 1. The van der Waals surface area contributed by atoms with Gasteiger partial charge >= 0.3 is 0 Å². The van der Waals surface area contributed by atoms with Crippen LogP contribution >= 0.6 is 11.8 Å². The fraction of sp³-hybridized carbons (Fsp3) is 0.923.